The van der Waals surface area contributed by atoms with E-state index in [1.54, 1.807) is 6.92 Å². The Bertz CT molecular complexity index is 621. The fourth-order valence-corrected chi connectivity index (χ4v) is 2.72. The summed E-state index contributed by atoms with van der Waals surface area (Å²) in [6.07, 6.45) is 0. The molecule has 2 aromatic heterocycles. The second kappa shape index (κ2) is 4.80. The summed E-state index contributed by atoms with van der Waals surface area (Å²) in [6, 6.07) is 0. The van der Waals surface area contributed by atoms with Crippen molar-refractivity contribution in [1.82, 2.24) is 19.8 Å². The van der Waals surface area contributed by atoms with E-state index < -0.39 is 0 Å². The van der Waals surface area contributed by atoms with Crippen molar-refractivity contribution in [1.29, 1.82) is 0 Å². The molecule has 17 heavy (non-hydrogen) atoms. The van der Waals surface area contributed by atoms with Crippen LogP contribution in [0.25, 0.3) is 4.96 Å². The summed E-state index contributed by atoms with van der Waals surface area (Å²) in [5, 5.41) is 11.6. The first-order valence-corrected chi connectivity index (χ1v) is 6.35. The molecule has 2 rings (SSSR count). The molecule has 0 radical (unpaired) electrons. The summed E-state index contributed by atoms with van der Waals surface area (Å²) in [4.78, 5) is 23.0. The van der Waals surface area contributed by atoms with Gasteiger partial charge in [0.05, 0.1) is 12.9 Å². The van der Waals surface area contributed by atoms with E-state index in [2.05, 4.69) is 20.0 Å². The molecule has 0 aliphatic carbocycles. The van der Waals surface area contributed by atoms with Crippen LogP contribution in [0.15, 0.2) is 9.13 Å². The number of hydrogen-bond acceptors (Lipinski definition) is 8. The molecule has 0 aromatic carbocycles. The van der Waals surface area contributed by atoms with Gasteiger partial charge in [-0.15, -0.1) is 15.3 Å². The molecule has 0 bridgehead atoms. The minimum Gasteiger partial charge on any atom is -0.468 e. The van der Waals surface area contributed by atoms with Crippen LogP contribution < -0.4 is 5.56 Å². The van der Waals surface area contributed by atoms with E-state index in [4.69, 9.17) is 0 Å². The van der Waals surface area contributed by atoms with E-state index in [9.17, 15) is 9.59 Å². The first kappa shape index (κ1) is 12.0. The van der Waals surface area contributed by atoms with Crippen molar-refractivity contribution in [2.45, 2.75) is 11.3 Å². The second-order valence-electron chi connectivity index (χ2n) is 3.02. The molecule has 0 amide bonds. The molecule has 0 aliphatic rings. The van der Waals surface area contributed by atoms with Crippen molar-refractivity contribution < 1.29 is 9.53 Å². The van der Waals surface area contributed by atoms with Gasteiger partial charge in [0.25, 0.3) is 5.56 Å². The number of fused-ring (bicyclic) bond motifs is 1. The Hall–Kier alpha value is -1.48. The number of thioether (sulfide) groups is 1. The van der Waals surface area contributed by atoms with Gasteiger partial charge >= 0.3 is 5.97 Å². The van der Waals surface area contributed by atoms with Crippen molar-refractivity contribution in [3.63, 3.8) is 0 Å². The average molecular weight is 272 g/mol. The summed E-state index contributed by atoms with van der Waals surface area (Å²) in [6.45, 7) is 1.57. The van der Waals surface area contributed by atoms with Gasteiger partial charge in [0, 0.05) is 0 Å². The molecular formula is C8H8N4O3S2. The first-order chi connectivity index (χ1) is 8.11. The standard InChI is InChI=1S/C8H8N4O3S2/c1-4-6(14)12-7(10-9-4)17-8(11-12)16-3-5(13)15-2/h3H2,1-2H3. The fourth-order valence-electron chi connectivity index (χ4n) is 1.01. The number of methoxy groups -OCH3 is 1. The van der Waals surface area contributed by atoms with E-state index in [0.717, 1.165) is 0 Å². The molecule has 0 atom stereocenters. The van der Waals surface area contributed by atoms with Crippen LogP contribution in [0, 0.1) is 6.92 Å². The highest BCUT2D eigenvalue weighted by Gasteiger charge is 2.11. The summed E-state index contributed by atoms with van der Waals surface area (Å²) in [5.74, 6) is -0.193. The number of aryl methyl sites for hydroxylation is 1. The van der Waals surface area contributed by atoms with Gasteiger partial charge in [0.15, 0.2) is 4.34 Å². The molecule has 0 unspecified atom stereocenters. The molecule has 0 saturated carbocycles. The van der Waals surface area contributed by atoms with Gasteiger partial charge in [-0.05, 0) is 6.92 Å². The Kier molecular flexibility index (Phi) is 3.38. The molecule has 90 valence electrons. The summed E-state index contributed by atoms with van der Waals surface area (Å²) in [7, 11) is 1.32. The third-order valence-electron chi connectivity index (χ3n) is 1.87. The monoisotopic (exact) mass is 272 g/mol. The SMILES string of the molecule is COC(=O)CSc1nn2c(=O)c(C)nnc2s1. The van der Waals surface area contributed by atoms with Crippen LogP contribution in [0.2, 0.25) is 0 Å². The van der Waals surface area contributed by atoms with Crippen LogP contribution in [0.1, 0.15) is 5.69 Å². The minimum atomic E-state index is -0.344. The van der Waals surface area contributed by atoms with Gasteiger partial charge < -0.3 is 4.74 Å². The predicted octanol–water partition coefficient (Wildman–Crippen LogP) is 0.120. The molecule has 2 aromatic rings. The maximum Gasteiger partial charge on any atom is 0.316 e. The molecule has 0 saturated heterocycles. The van der Waals surface area contributed by atoms with Gasteiger partial charge in [-0.3, -0.25) is 9.59 Å². The summed E-state index contributed by atoms with van der Waals surface area (Å²) in [5.41, 5.74) is -0.00603. The molecule has 0 fully saturated rings. The highest BCUT2D eigenvalue weighted by atomic mass is 32.2. The van der Waals surface area contributed by atoms with Gasteiger partial charge in [-0.25, -0.2) is 0 Å². The smallest absolute Gasteiger partial charge is 0.316 e. The third kappa shape index (κ3) is 2.44. The molecule has 9 heteroatoms. The zero-order valence-electron chi connectivity index (χ0n) is 9.04. The molecule has 0 spiro atoms. The quantitative estimate of drug-likeness (QED) is 0.579. The van der Waals surface area contributed by atoms with Gasteiger partial charge in [0.2, 0.25) is 4.96 Å². The lowest BCUT2D eigenvalue weighted by atomic mass is 10.5. The molecule has 2 heterocycles. The number of carbonyl (C=O) groups excluding carboxylic acids is 1. The number of hydrogen-bond donors (Lipinski definition) is 0. The van der Waals surface area contributed by atoms with Crippen LogP contribution >= 0.6 is 23.1 Å². The van der Waals surface area contributed by atoms with E-state index in [1.165, 1.54) is 34.7 Å². The highest BCUT2D eigenvalue weighted by molar-refractivity contribution is 8.01. The van der Waals surface area contributed by atoms with Crippen molar-refractivity contribution in [2.24, 2.45) is 0 Å². The van der Waals surface area contributed by atoms with Crippen molar-refractivity contribution in [3.05, 3.63) is 16.0 Å². The Balaban J connectivity index is 2.29. The fraction of sp³-hybridized carbons (Fsp3) is 0.375. The summed E-state index contributed by atoms with van der Waals surface area (Å²) < 4.78 is 6.27. The lowest BCUT2D eigenvalue weighted by Gasteiger charge is -1.94. The Morgan fingerprint density at radius 1 is 1.53 bits per heavy atom. The van der Waals surface area contributed by atoms with Crippen LogP contribution in [0.4, 0.5) is 0 Å². The van der Waals surface area contributed by atoms with Crippen LogP contribution in [0.3, 0.4) is 0 Å². The first-order valence-electron chi connectivity index (χ1n) is 4.54. The van der Waals surface area contributed by atoms with E-state index in [1.807, 2.05) is 0 Å². The predicted molar refractivity (Wildman–Crippen MR) is 62.4 cm³/mol. The summed E-state index contributed by atoms with van der Waals surface area (Å²) >= 11 is 2.40. The number of ether oxygens (including phenoxy) is 1. The normalized spacial score (nSPS) is 10.7. The molecule has 7 nitrogen and oxygen atoms in total. The van der Waals surface area contributed by atoms with Crippen LogP contribution in [0.5, 0.6) is 0 Å². The largest absolute Gasteiger partial charge is 0.468 e. The number of rotatable bonds is 3. The number of esters is 1. The molecule has 0 aliphatic heterocycles. The van der Waals surface area contributed by atoms with Crippen molar-refractivity contribution >= 4 is 34.0 Å². The maximum absolute atomic E-state index is 11.6. The Morgan fingerprint density at radius 3 is 3.00 bits per heavy atom. The Labute approximate surface area is 104 Å². The van der Waals surface area contributed by atoms with Crippen LogP contribution in [-0.4, -0.2) is 38.6 Å². The lowest BCUT2D eigenvalue weighted by Crippen LogP contribution is -2.19. The highest BCUT2D eigenvalue weighted by Crippen LogP contribution is 2.22. The average Bonchev–Trinajstić information content (AvgIpc) is 2.75. The van der Waals surface area contributed by atoms with Gasteiger partial charge in [-0.1, -0.05) is 23.1 Å². The zero-order valence-corrected chi connectivity index (χ0v) is 10.7. The number of nitrogens with zero attached hydrogens (tertiary/aromatic N) is 4. The van der Waals surface area contributed by atoms with E-state index in [-0.39, 0.29) is 23.0 Å². The van der Waals surface area contributed by atoms with Crippen molar-refractivity contribution in [2.75, 3.05) is 12.9 Å². The van der Waals surface area contributed by atoms with Gasteiger partial charge in [0.1, 0.15) is 5.69 Å². The Morgan fingerprint density at radius 2 is 2.29 bits per heavy atom. The van der Waals surface area contributed by atoms with Gasteiger partial charge in [-0.2, -0.15) is 4.52 Å². The number of aromatic nitrogens is 4. The second-order valence-corrected chi connectivity index (χ2v) is 5.20. The van der Waals surface area contributed by atoms with E-state index >= 15 is 0 Å². The van der Waals surface area contributed by atoms with E-state index in [0.29, 0.717) is 9.30 Å². The molecule has 0 N–H and O–H groups in total. The number of carbonyl (C=O) groups is 1. The van der Waals surface area contributed by atoms with Crippen molar-refractivity contribution in [3.8, 4) is 0 Å². The zero-order chi connectivity index (χ0) is 12.4. The third-order valence-corrected chi connectivity index (χ3v) is 3.88. The van der Waals surface area contributed by atoms with Crippen LogP contribution in [-0.2, 0) is 9.53 Å². The minimum absolute atomic E-state index is 0.150. The lowest BCUT2D eigenvalue weighted by molar-refractivity contribution is -0.137. The topological polar surface area (TPSA) is 86.5 Å². The maximum atomic E-state index is 11.6. The molecular weight excluding hydrogens is 264 g/mol.